The fraction of sp³-hybridized carbons (Fsp3) is 0.611. The van der Waals surface area contributed by atoms with Crippen LogP contribution in [0.2, 0.25) is 0 Å². The molecule has 23 heavy (non-hydrogen) atoms. The number of nitrogens with zero attached hydrogens (tertiary/aromatic N) is 2. The zero-order valence-corrected chi connectivity index (χ0v) is 16.8. The average Bonchev–Trinajstić information content (AvgIpc) is 2.74. The van der Waals surface area contributed by atoms with Gasteiger partial charge in [0.1, 0.15) is 0 Å². The third-order valence-electron chi connectivity index (χ3n) is 4.16. The molecule has 130 valence electrons. The molecule has 0 spiro atoms. The van der Waals surface area contributed by atoms with Crippen molar-refractivity contribution in [2.24, 2.45) is 10.7 Å². The Morgan fingerprint density at radius 3 is 2.22 bits per heavy atom. The molecule has 1 fully saturated rings. The molecule has 1 aromatic carbocycles. The third kappa shape index (κ3) is 8.01. The topological polar surface area (TPSA) is 53.6 Å². The average molecular weight is 430 g/mol. The number of hydrogen-bond acceptors (Lipinski definition) is 2. The molecule has 2 rings (SSSR count). The molecule has 1 aromatic rings. The Bertz CT molecular complexity index is 462. The van der Waals surface area contributed by atoms with Crippen molar-refractivity contribution in [3.8, 4) is 0 Å². The summed E-state index contributed by atoms with van der Waals surface area (Å²) in [5, 5.41) is 3.39. The van der Waals surface area contributed by atoms with Crippen molar-refractivity contribution in [2.45, 2.75) is 57.7 Å². The Labute approximate surface area is 157 Å². The summed E-state index contributed by atoms with van der Waals surface area (Å²) < 4.78 is 0. The van der Waals surface area contributed by atoms with Gasteiger partial charge in [0.05, 0.1) is 6.54 Å². The SMILES string of the molecule is CN(C)Cc1ccc(CN=C(N)NC2CCCCCC2)cc1.I. The zero-order valence-electron chi connectivity index (χ0n) is 14.4. The van der Waals surface area contributed by atoms with Gasteiger partial charge in [0, 0.05) is 12.6 Å². The van der Waals surface area contributed by atoms with Gasteiger partial charge >= 0.3 is 0 Å². The summed E-state index contributed by atoms with van der Waals surface area (Å²) in [4.78, 5) is 6.65. The highest BCUT2D eigenvalue weighted by atomic mass is 127. The standard InChI is InChI=1S/C18H30N4.HI/c1-22(2)14-16-11-9-15(10-12-16)13-20-18(19)21-17-7-5-3-4-6-8-17;/h9-12,17H,3-8,13-14H2,1-2H3,(H3,19,20,21);1H. The summed E-state index contributed by atoms with van der Waals surface area (Å²) in [6, 6.07) is 9.12. The van der Waals surface area contributed by atoms with Gasteiger partial charge in [0.25, 0.3) is 0 Å². The second kappa shape index (κ2) is 10.9. The van der Waals surface area contributed by atoms with E-state index in [9.17, 15) is 0 Å². The molecule has 4 nitrogen and oxygen atoms in total. The Morgan fingerprint density at radius 2 is 1.65 bits per heavy atom. The first-order valence-corrected chi connectivity index (χ1v) is 8.42. The van der Waals surface area contributed by atoms with Crippen LogP contribution in [0.5, 0.6) is 0 Å². The van der Waals surface area contributed by atoms with Crippen molar-refractivity contribution in [1.82, 2.24) is 10.2 Å². The molecule has 0 bridgehead atoms. The van der Waals surface area contributed by atoms with Crippen LogP contribution >= 0.6 is 24.0 Å². The normalized spacial score (nSPS) is 16.7. The molecule has 0 atom stereocenters. The minimum Gasteiger partial charge on any atom is -0.370 e. The van der Waals surface area contributed by atoms with E-state index >= 15 is 0 Å². The van der Waals surface area contributed by atoms with Crippen molar-refractivity contribution >= 4 is 29.9 Å². The number of benzene rings is 1. The summed E-state index contributed by atoms with van der Waals surface area (Å²) in [6.07, 6.45) is 7.75. The monoisotopic (exact) mass is 430 g/mol. The van der Waals surface area contributed by atoms with Gasteiger partial charge in [-0.1, -0.05) is 49.9 Å². The van der Waals surface area contributed by atoms with E-state index in [0.717, 1.165) is 6.54 Å². The fourth-order valence-electron chi connectivity index (χ4n) is 2.97. The largest absolute Gasteiger partial charge is 0.370 e. The molecule has 0 radical (unpaired) electrons. The molecule has 5 heteroatoms. The fourth-order valence-corrected chi connectivity index (χ4v) is 2.97. The molecule has 1 aliphatic carbocycles. The molecule has 1 saturated carbocycles. The van der Waals surface area contributed by atoms with E-state index in [-0.39, 0.29) is 24.0 Å². The second-order valence-electron chi connectivity index (χ2n) is 6.59. The predicted molar refractivity (Wildman–Crippen MR) is 109 cm³/mol. The van der Waals surface area contributed by atoms with Crippen molar-refractivity contribution in [1.29, 1.82) is 0 Å². The lowest BCUT2D eigenvalue weighted by molar-refractivity contribution is 0.402. The van der Waals surface area contributed by atoms with Gasteiger partial charge in [0.2, 0.25) is 0 Å². The van der Waals surface area contributed by atoms with E-state index in [2.05, 4.69) is 53.6 Å². The molecule has 3 N–H and O–H groups in total. The van der Waals surface area contributed by atoms with Crippen LogP contribution in [-0.2, 0) is 13.1 Å². The van der Waals surface area contributed by atoms with E-state index < -0.39 is 0 Å². The van der Waals surface area contributed by atoms with Gasteiger partial charge in [0.15, 0.2) is 5.96 Å². The molecule has 0 unspecified atom stereocenters. The van der Waals surface area contributed by atoms with Crippen LogP contribution in [0.3, 0.4) is 0 Å². The molecule has 0 aromatic heterocycles. The van der Waals surface area contributed by atoms with E-state index in [1.54, 1.807) is 0 Å². The maximum atomic E-state index is 6.03. The number of hydrogen-bond donors (Lipinski definition) is 2. The van der Waals surface area contributed by atoms with Gasteiger partial charge in [-0.15, -0.1) is 24.0 Å². The van der Waals surface area contributed by atoms with Crippen LogP contribution in [0.15, 0.2) is 29.3 Å². The first-order valence-electron chi connectivity index (χ1n) is 8.42. The van der Waals surface area contributed by atoms with E-state index in [1.165, 1.54) is 49.7 Å². The molecule has 1 aliphatic rings. The van der Waals surface area contributed by atoms with E-state index in [4.69, 9.17) is 5.73 Å². The Kier molecular flexibility index (Phi) is 9.55. The van der Waals surface area contributed by atoms with Gasteiger partial charge in [-0.2, -0.15) is 0 Å². The van der Waals surface area contributed by atoms with E-state index in [0.29, 0.717) is 18.5 Å². The van der Waals surface area contributed by atoms with Crippen LogP contribution < -0.4 is 11.1 Å². The molecule has 0 aliphatic heterocycles. The molecule has 0 heterocycles. The number of rotatable bonds is 5. The van der Waals surface area contributed by atoms with Crippen molar-refractivity contribution < 1.29 is 0 Å². The lowest BCUT2D eigenvalue weighted by Crippen LogP contribution is -2.39. The Balaban J connectivity index is 0.00000264. The van der Waals surface area contributed by atoms with Crippen molar-refractivity contribution in [3.63, 3.8) is 0 Å². The second-order valence-corrected chi connectivity index (χ2v) is 6.59. The molecule has 0 saturated heterocycles. The number of nitrogens with one attached hydrogen (secondary N) is 1. The molecular weight excluding hydrogens is 399 g/mol. The van der Waals surface area contributed by atoms with Gasteiger partial charge < -0.3 is 16.0 Å². The highest BCUT2D eigenvalue weighted by Gasteiger charge is 2.12. The van der Waals surface area contributed by atoms with Gasteiger partial charge in [-0.25, -0.2) is 4.99 Å². The zero-order chi connectivity index (χ0) is 15.8. The smallest absolute Gasteiger partial charge is 0.189 e. The highest BCUT2D eigenvalue weighted by Crippen LogP contribution is 2.17. The first-order chi connectivity index (χ1) is 10.6. The molecule has 0 amide bonds. The summed E-state index contributed by atoms with van der Waals surface area (Å²) in [5.74, 6) is 0.587. The predicted octanol–water partition coefficient (Wildman–Crippen LogP) is 3.49. The maximum absolute atomic E-state index is 6.03. The third-order valence-corrected chi connectivity index (χ3v) is 4.16. The number of nitrogens with two attached hydrogens (primary N) is 1. The van der Waals surface area contributed by atoms with Crippen molar-refractivity contribution in [3.05, 3.63) is 35.4 Å². The number of aliphatic imine (C=N–C) groups is 1. The highest BCUT2D eigenvalue weighted by molar-refractivity contribution is 14.0. The van der Waals surface area contributed by atoms with Gasteiger partial charge in [-0.3, -0.25) is 0 Å². The van der Waals surface area contributed by atoms with Crippen LogP contribution in [0.25, 0.3) is 0 Å². The summed E-state index contributed by atoms with van der Waals surface area (Å²) in [5.41, 5.74) is 8.55. The van der Waals surface area contributed by atoms with Gasteiger partial charge in [-0.05, 0) is 38.1 Å². The lowest BCUT2D eigenvalue weighted by atomic mass is 10.1. The lowest BCUT2D eigenvalue weighted by Gasteiger charge is -2.16. The summed E-state index contributed by atoms with van der Waals surface area (Å²) in [6.45, 7) is 1.61. The number of halogens is 1. The van der Waals surface area contributed by atoms with Crippen LogP contribution in [0, 0.1) is 0 Å². The first kappa shape index (κ1) is 20.2. The quantitative estimate of drug-likeness (QED) is 0.326. The minimum absolute atomic E-state index is 0. The molecular formula is C18H31IN4. The van der Waals surface area contributed by atoms with Crippen molar-refractivity contribution in [2.75, 3.05) is 14.1 Å². The number of guanidine groups is 1. The van der Waals surface area contributed by atoms with E-state index in [1.807, 2.05) is 0 Å². The Morgan fingerprint density at radius 1 is 1.09 bits per heavy atom. The minimum atomic E-state index is 0. The van der Waals surface area contributed by atoms with Crippen LogP contribution in [-0.4, -0.2) is 31.0 Å². The summed E-state index contributed by atoms with van der Waals surface area (Å²) in [7, 11) is 4.16. The van der Waals surface area contributed by atoms with Crippen LogP contribution in [0.4, 0.5) is 0 Å². The maximum Gasteiger partial charge on any atom is 0.189 e. The summed E-state index contributed by atoms with van der Waals surface area (Å²) >= 11 is 0. The Hall–Kier alpha value is -0.820. The van der Waals surface area contributed by atoms with Crippen LogP contribution in [0.1, 0.15) is 49.7 Å².